The number of rotatable bonds is 2. The SMILES string of the molecule is CC1(C)CC(=O)C2=C(C1)OC(N)=C(n1cnc3ccccc31)C2c1ccc(Cl)cc1Cl. The zero-order valence-corrected chi connectivity index (χ0v) is 18.7. The van der Waals surface area contributed by atoms with Crippen LogP contribution in [0.15, 0.2) is 66.0 Å². The summed E-state index contributed by atoms with van der Waals surface area (Å²) in [6.45, 7) is 4.11. The second-order valence-electron chi connectivity index (χ2n) is 8.83. The molecule has 31 heavy (non-hydrogen) atoms. The van der Waals surface area contributed by atoms with Gasteiger partial charge >= 0.3 is 0 Å². The predicted octanol–water partition coefficient (Wildman–Crippen LogP) is 5.89. The number of halogens is 2. The lowest BCUT2D eigenvalue weighted by molar-refractivity contribution is -0.118. The molecule has 2 aliphatic rings. The topological polar surface area (TPSA) is 70.1 Å². The number of aromatic nitrogens is 2. The van der Waals surface area contributed by atoms with Crippen LogP contribution in [0.4, 0.5) is 0 Å². The van der Waals surface area contributed by atoms with Crippen LogP contribution in [-0.2, 0) is 9.53 Å². The third-order valence-corrected chi connectivity index (χ3v) is 6.48. The molecule has 1 atom stereocenters. The van der Waals surface area contributed by atoms with Gasteiger partial charge in [0.25, 0.3) is 0 Å². The molecule has 7 heteroatoms. The molecule has 2 heterocycles. The maximum Gasteiger partial charge on any atom is 0.211 e. The summed E-state index contributed by atoms with van der Waals surface area (Å²) in [4.78, 5) is 17.9. The minimum atomic E-state index is -0.491. The Morgan fingerprint density at radius 2 is 1.94 bits per heavy atom. The monoisotopic (exact) mass is 453 g/mol. The van der Waals surface area contributed by atoms with E-state index in [0.29, 0.717) is 39.9 Å². The highest BCUT2D eigenvalue weighted by atomic mass is 35.5. The predicted molar refractivity (Wildman–Crippen MR) is 122 cm³/mol. The van der Waals surface area contributed by atoms with E-state index in [-0.39, 0.29) is 17.1 Å². The molecule has 5 rings (SSSR count). The number of imidazole rings is 1. The molecule has 0 saturated carbocycles. The van der Waals surface area contributed by atoms with Gasteiger partial charge in [-0.25, -0.2) is 4.98 Å². The zero-order valence-electron chi connectivity index (χ0n) is 17.2. The van der Waals surface area contributed by atoms with Crippen LogP contribution in [0.25, 0.3) is 16.7 Å². The van der Waals surface area contributed by atoms with Crippen molar-refractivity contribution in [1.82, 2.24) is 9.55 Å². The molecule has 2 N–H and O–H groups in total. The minimum absolute atomic E-state index is 0.0386. The van der Waals surface area contributed by atoms with E-state index in [0.717, 1.165) is 16.6 Å². The van der Waals surface area contributed by atoms with Gasteiger partial charge in [-0.05, 0) is 35.2 Å². The maximum atomic E-state index is 13.4. The standard InChI is InChI=1S/C24H21Cl2N3O2/c1-24(2)10-18(30)21-19(11-24)31-23(27)22(20(21)14-8-7-13(25)9-15(14)26)29-12-28-16-5-3-4-6-17(16)29/h3-9,12,20H,10-11,27H2,1-2H3. The maximum absolute atomic E-state index is 13.4. The summed E-state index contributed by atoms with van der Waals surface area (Å²) in [6.07, 6.45) is 2.75. The smallest absolute Gasteiger partial charge is 0.211 e. The summed E-state index contributed by atoms with van der Waals surface area (Å²) in [7, 11) is 0. The molecule has 1 aliphatic heterocycles. The highest BCUT2D eigenvalue weighted by molar-refractivity contribution is 6.35. The van der Waals surface area contributed by atoms with Gasteiger partial charge in [-0.2, -0.15) is 0 Å². The van der Waals surface area contributed by atoms with Crippen molar-refractivity contribution in [2.75, 3.05) is 0 Å². The first-order chi connectivity index (χ1) is 14.7. The lowest BCUT2D eigenvalue weighted by atomic mass is 9.71. The van der Waals surface area contributed by atoms with Crippen LogP contribution in [0.1, 0.15) is 38.2 Å². The van der Waals surface area contributed by atoms with Gasteiger partial charge in [0.15, 0.2) is 5.78 Å². The number of benzene rings is 2. The first-order valence-corrected chi connectivity index (χ1v) is 10.8. The highest BCUT2D eigenvalue weighted by Gasteiger charge is 2.44. The van der Waals surface area contributed by atoms with Crippen molar-refractivity contribution in [1.29, 1.82) is 0 Å². The second kappa shape index (κ2) is 7.14. The van der Waals surface area contributed by atoms with E-state index in [1.54, 1.807) is 18.5 Å². The number of carbonyl (C=O) groups is 1. The molecule has 2 aromatic carbocycles. The van der Waals surface area contributed by atoms with Gasteiger partial charge in [-0.1, -0.05) is 55.2 Å². The summed E-state index contributed by atoms with van der Waals surface area (Å²) < 4.78 is 7.98. The Balaban J connectivity index is 1.78. The normalized spacial score (nSPS) is 20.8. The van der Waals surface area contributed by atoms with Crippen molar-refractivity contribution >= 4 is 45.7 Å². The van der Waals surface area contributed by atoms with Gasteiger partial charge in [0.2, 0.25) is 5.88 Å². The molecule has 0 radical (unpaired) electrons. The van der Waals surface area contributed by atoms with E-state index < -0.39 is 5.92 Å². The molecule has 1 aromatic heterocycles. The Bertz CT molecular complexity index is 1300. The Morgan fingerprint density at radius 1 is 1.16 bits per heavy atom. The van der Waals surface area contributed by atoms with Crippen molar-refractivity contribution < 1.29 is 9.53 Å². The number of hydrogen-bond donors (Lipinski definition) is 1. The molecule has 5 nitrogen and oxygen atoms in total. The van der Waals surface area contributed by atoms with E-state index in [1.165, 1.54) is 0 Å². The molecule has 1 unspecified atom stereocenters. The van der Waals surface area contributed by atoms with Crippen LogP contribution in [0.3, 0.4) is 0 Å². The molecule has 3 aromatic rings. The van der Waals surface area contributed by atoms with Gasteiger partial charge in [0.05, 0.1) is 22.6 Å². The Hall–Kier alpha value is -2.76. The number of allylic oxidation sites excluding steroid dienone is 3. The van der Waals surface area contributed by atoms with E-state index in [4.69, 9.17) is 33.7 Å². The lowest BCUT2D eigenvalue weighted by Crippen LogP contribution is -2.34. The molecule has 158 valence electrons. The van der Waals surface area contributed by atoms with E-state index in [1.807, 2.05) is 34.9 Å². The number of para-hydroxylation sites is 2. The average molecular weight is 454 g/mol. The number of nitrogens with two attached hydrogens (primary N) is 1. The van der Waals surface area contributed by atoms with E-state index in [9.17, 15) is 4.79 Å². The molecule has 0 bridgehead atoms. The lowest BCUT2D eigenvalue weighted by Gasteiger charge is -2.38. The van der Waals surface area contributed by atoms with Crippen molar-refractivity contribution in [2.45, 2.75) is 32.6 Å². The first kappa shape index (κ1) is 20.2. The molecule has 0 saturated heterocycles. The van der Waals surface area contributed by atoms with Crippen molar-refractivity contribution in [2.24, 2.45) is 11.1 Å². The Morgan fingerprint density at radius 3 is 2.71 bits per heavy atom. The fraction of sp³-hybridized carbons (Fsp3) is 0.250. The van der Waals surface area contributed by atoms with Crippen LogP contribution in [0.2, 0.25) is 10.0 Å². The molecule has 1 aliphatic carbocycles. The summed E-state index contributed by atoms with van der Waals surface area (Å²) in [5, 5.41) is 0.997. The Kier molecular flexibility index (Phi) is 4.65. The molecule has 0 amide bonds. The minimum Gasteiger partial charge on any atom is -0.444 e. The third kappa shape index (κ3) is 3.33. The number of ketones is 1. The van der Waals surface area contributed by atoms with Crippen LogP contribution in [-0.4, -0.2) is 15.3 Å². The molecular weight excluding hydrogens is 433 g/mol. The number of Topliss-reactive ketones (excluding diaryl/α,β-unsaturated/α-hetero) is 1. The number of hydrogen-bond acceptors (Lipinski definition) is 4. The van der Waals surface area contributed by atoms with Gasteiger partial charge in [0.1, 0.15) is 12.1 Å². The molecular formula is C24H21Cl2N3O2. The van der Waals surface area contributed by atoms with E-state index >= 15 is 0 Å². The van der Waals surface area contributed by atoms with Crippen molar-refractivity contribution in [3.05, 3.63) is 81.6 Å². The number of nitrogens with zero attached hydrogens (tertiary/aromatic N) is 2. The summed E-state index contributed by atoms with van der Waals surface area (Å²) in [5.41, 5.74) is 9.97. The average Bonchev–Trinajstić information content (AvgIpc) is 3.10. The summed E-state index contributed by atoms with van der Waals surface area (Å²) in [6, 6.07) is 13.1. The number of fused-ring (bicyclic) bond motifs is 1. The fourth-order valence-electron chi connectivity index (χ4n) is 4.60. The number of ether oxygens (including phenoxy) is 1. The third-order valence-electron chi connectivity index (χ3n) is 5.91. The molecule has 0 fully saturated rings. The zero-order chi connectivity index (χ0) is 21.9. The van der Waals surface area contributed by atoms with Gasteiger partial charge in [-0.3, -0.25) is 9.36 Å². The van der Waals surface area contributed by atoms with Crippen molar-refractivity contribution in [3.63, 3.8) is 0 Å². The first-order valence-electron chi connectivity index (χ1n) is 10.1. The van der Waals surface area contributed by atoms with Crippen LogP contribution < -0.4 is 5.73 Å². The van der Waals surface area contributed by atoms with Crippen LogP contribution in [0.5, 0.6) is 0 Å². The largest absolute Gasteiger partial charge is 0.444 e. The highest BCUT2D eigenvalue weighted by Crippen LogP contribution is 2.51. The van der Waals surface area contributed by atoms with Gasteiger partial charge < -0.3 is 10.5 Å². The van der Waals surface area contributed by atoms with E-state index in [2.05, 4.69) is 18.8 Å². The Labute approximate surface area is 190 Å². The van der Waals surface area contributed by atoms with Crippen LogP contribution in [0, 0.1) is 5.41 Å². The van der Waals surface area contributed by atoms with Gasteiger partial charge in [0, 0.05) is 28.5 Å². The van der Waals surface area contributed by atoms with Gasteiger partial charge in [-0.15, -0.1) is 0 Å². The molecule has 0 spiro atoms. The number of carbonyl (C=O) groups excluding carboxylic acids is 1. The quantitative estimate of drug-likeness (QED) is 0.525. The summed E-state index contributed by atoms with van der Waals surface area (Å²) >= 11 is 12.8. The van der Waals surface area contributed by atoms with Crippen molar-refractivity contribution in [3.8, 4) is 0 Å². The summed E-state index contributed by atoms with van der Waals surface area (Å²) in [5.74, 6) is 0.401. The fourth-order valence-corrected chi connectivity index (χ4v) is 5.12. The van der Waals surface area contributed by atoms with Crippen LogP contribution >= 0.6 is 23.2 Å². The second-order valence-corrected chi connectivity index (χ2v) is 9.68.